The molecule has 2 saturated carbocycles. The van der Waals surface area contributed by atoms with Crippen LogP contribution in [0, 0.1) is 23.7 Å². The number of carboxylic acid groups (broad SMARTS) is 1. The van der Waals surface area contributed by atoms with Gasteiger partial charge in [0.05, 0.1) is 17.9 Å². The molecule has 1 amide bonds. The summed E-state index contributed by atoms with van der Waals surface area (Å²) in [7, 11) is 0. The number of aromatic nitrogens is 1. The molecule has 1 aromatic rings. The van der Waals surface area contributed by atoms with E-state index in [0.29, 0.717) is 0 Å². The van der Waals surface area contributed by atoms with Crippen LogP contribution in [0.3, 0.4) is 0 Å². The van der Waals surface area contributed by atoms with Crippen LogP contribution >= 0.6 is 0 Å². The molecule has 5 nitrogen and oxygen atoms in total. The third kappa shape index (κ3) is 2.52. The normalized spacial score (nSPS) is 31.9. The van der Waals surface area contributed by atoms with Gasteiger partial charge in [0.1, 0.15) is 0 Å². The Morgan fingerprint density at radius 2 is 1.86 bits per heavy atom. The van der Waals surface area contributed by atoms with E-state index in [4.69, 9.17) is 0 Å². The van der Waals surface area contributed by atoms with Crippen molar-refractivity contribution in [2.75, 3.05) is 0 Å². The summed E-state index contributed by atoms with van der Waals surface area (Å²) in [5.41, 5.74) is 0.980. The summed E-state index contributed by atoms with van der Waals surface area (Å²) >= 11 is 0. The van der Waals surface area contributed by atoms with Crippen molar-refractivity contribution in [3.05, 3.63) is 30.1 Å². The maximum absolute atomic E-state index is 12.5. The molecular weight excluding hydrogens is 268 g/mol. The van der Waals surface area contributed by atoms with Crippen molar-refractivity contribution < 1.29 is 14.7 Å². The highest BCUT2D eigenvalue weighted by atomic mass is 16.4. The number of nitrogens with zero attached hydrogens (tertiary/aromatic N) is 1. The van der Waals surface area contributed by atoms with E-state index in [-0.39, 0.29) is 29.7 Å². The van der Waals surface area contributed by atoms with Crippen LogP contribution in [0.15, 0.2) is 24.5 Å². The molecule has 2 bridgehead atoms. The van der Waals surface area contributed by atoms with Crippen LogP contribution in [-0.2, 0) is 9.59 Å². The zero-order valence-corrected chi connectivity index (χ0v) is 12.0. The van der Waals surface area contributed by atoms with Gasteiger partial charge in [-0.2, -0.15) is 0 Å². The first kappa shape index (κ1) is 14.0. The van der Waals surface area contributed by atoms with Crippen LogP contribution in [-0.4, -0.2) is 22.0 Å². The van der Waals surface area contributed by atoms with Crippen molar-refractivity contribution in [3.63, 3.8) is 0 Å². The fourth-order valence-electron chi connectivity index (χ4n) is 4.07. The molecule has 3 rings (SSSR count). The topological polar surface area (TPSA) is 79.3 Å². The molecule has 0 saturated heterocycles. The number of carboxylic acids is 1. The van der Waals surface area contributed by atoms with E-state index in [2.05, 4.69) is 10.3 Å². The molecule has 1 heterocycles. The summed E-state index contributed by atoms with van der Waals surface area (Å²) in [6.45, 7) is 1.91. The van der Waals surface area contributed by atoms with Gasteiger partial charge in [0.15, 0.2) is 0 Å². The van der Waals surface area contributed by atoms with Crippen LogP contribution in [0.5, 0.6) is 0 Å². The molecular formula is C16H20N2O3. The van der Waals surface area contributed by atoms with Crippen LogP contribution in [0.25, 0.3) is 0 Å². The first-order chi connectivity index (χ1) is 10.1. The smallest absolute Gasteiger partial charge is 0.307 e. The Morgan fingerprint density at radius 1 is 1.24 bits per heavy atom. The molecule has 112 valence electrons. The third-order valence-electron chi connectivity index (χ3n) is 5.07. The summed E-state index contributed by atoms with van der Waals surface area (Å²) in [5, 5.41) is 12.4. The first-order valence-corrected chi connectivity index (χ1v) is 7.51. The van der Waals surface area contributed by atoms with Gasteiger partial charge in [-0.15, -0.1) is 0 Å². The predicted octanol–water partition coefficient (Wildman–Crippen LogP) is 2.01. The number of rotatable bonds is 4. The Labute approximate surface area is 123 Å². The van der Waals surface area contributed by atoms with Gasteiger partial charge < -0.3 is 10.4 Å². The minimum Gasteiger partial charge on any atom is -0.481 e. The number of hydrogen-bond donors (Lipinski definition) is 2. The van der Waals surface area contributed by atoms with Gasteiger partial charge in [-0.3, -0.25) is 14.6 Å². The molecule has 0 spiro atoms. The number of hydrogen-bond acceptors (Lipinski definition) is 3. The van der Waals surface area contributed by atoms with E-state index < -0.39 is 11.9 Å². The van der Waals surface area contributed by atoms with Gasteiger partial charge >= 0.3 is 5.97 Å². The zero-order chi connectivity index (χ0) is 15.0. The first-order valence-electron chi connectivity index (χ1n) is 7.51. The summed E-state index contributed by atoms with van der Waals surface area (Å²) in [6, 6.07) is 3.59. The number of carbonyl (C=O) groups is 2. The quantitative estimate of drug-likeness (QED) is 0.888. The highest BCUT2D eigenvalue weighted by molar-refractivity contribution is 5.86. The second-order valence-corrected chi connectivity index (χ2v) is 6.23. The maximum Gasteiger partial charge on any atom is 0.307 e. The lowest BCUT2D eigenvalue weighted by Gasteiger charge is -2.28. The fraction of sp³-hybridized carbons (Fsp3) is 0.562. The molecule has 5 heteroatoms. The Balaban J connectivity index is 1.72. The van der Waals surface area contributed by atoms with E-state index in [1.54, 1.807) is 12.4 Å². The molecule has 2 fully saturated rings. The lowest BCUT2D eigenvalue weighted by atomic mass is 9.78. The zero-order valence-electron chi connectivity index (χ0n) is 12.0. The molecule has 2 aliphatic rings. The average Bonchev–Trinajstić information content (AvgIpc) is 3.08. The Hall–Kier alpha value is -1.91. The van der Waals surface area contributed by atoms with Crippen molar-refractivity contribution in [3.8, 4) is 0 Å². The summed E-state index contributed by atoms with van der Waals surface area (Å²) < 4.78 is 0. The maximum atomic E-state index is 12.5. The number of fused-ring (bicyclic) bond motifs is 2. The van der Waals surface area contributed by atoms with E-state index >= 15 is 0 Å². The van der Waals surface area contributed by atoms with Gasteiger partial charge in [0.25, 0.3) is 0 Å². The number of pyridine rings is 1. The van der Waals surface area contributed by atoms with Crippen LogP contribution in [0.1, 0.15) is 37.8 Å². The van der Waals surface area contributed by atoms with Crippen LogP contribution in [0.2, 0.25) is 0 Å². The monoisotopic (exact) mass is 288 g/mol. The van der Waals surface area contributed by atoms with Gasteiger partial charge in [-0.05, 0) is 55.7 Å². The van der Waals surface area contributed by atoms with E-state index in [1.807, 2.05) is 19.1 Å². The minimum absolute atomic E-state index is 0.112. The molecule has 1 aromatic heterocycles. The fourth-order valence-corrected chi connectivity index (χ4v) is 4.07. The summed E-state index contributed by atoms with van der Waals surface area (Å²) in [4.78, 5) is 28.0. The molecule has 0 unspecified atom stereocenters. The highest BCUT2D eigenvalue weighted by Gasteiger charge is 2.54. The van der Waals surface area contributed by atoms with Crippen molar-refractivity contribution in [1.82, 2.24) is 10.3 Å². The van der Waals surface area contributed by atoms with Crippen molar-refractivity contribution in [1.29, 1.82) is 0 Å². The number of amides is 1. The second kappa shape index (κ2) is 5.47. The lowest BCUT2D eigenvalue weighted by molar-refractivity contribution is -0.149. The van der Waals surface area contributed by atoms with Gasteiger partial charge in [0, 0.05) is 12.4 Å². The number of nitrogens with one attached hydrogen (secondary N) is 1. The minimum atomic E-state index is -0.820. The predicted molar refractivity (Wildman–Crippen MR) is 76.2 cm³/mol. The Morgan fingerprint density at radius 3 is 2.48 bits per heavy atom. The summed E-state index contributed by atoms with van der Waals surface area (Å²) in [5.74, 6) is -1.39. The third-order valence-corrected chi connectivity index (χ3v) is 5.07. The Kier molecular flexibility index (Phi) is 3.66. The number of carbonyl (C=O) groups excluding carboxylic acids is 1. The van der Waals surface area contributed by atoms with E-state index in [0.717, 1.165) is 24.8 Å². The van der Waals surface area contributed by atoms with Crippen LogP contribution < -0.4 is 5.32 Å². The molecule has 2 N–H and O–H groups in total. The van der Waals surface area contributed by atoms with Gasteiger partial charge in [0.2, 0.25) is 5.91 Å². The van der Waals surface area contributed by atoms with Crippen molar-refractivity contribution in [2.24, 2.45) is 23.7 Å². The Bertz CT molecular complexity index is 546. The number of aliphatic carboxylic acids is 1. The van der Waals surface area contributed by atoms with Crippen molar-refractivity contribution in [2.45, 2.75) is 32.2 Å². The second-order valence-electron chi connectivity index (χ2n) is 6.23. The van der Waals surface area contributed by atoms with Crippen LogP contribution in [0.4, 0.5) is 0 Å². The standard InChI is InChI=1S/C16H20N2O3/c1-9(10-4-6-17-7-5-10)18-15(19)13-11-2-3-12(8-11)14(13)16(20)21/h4-7,9,11-14H,2-3,8H2,1H3,(H,18,19)(H,20,21)/t9-,11-,12-,13-,14+/m0/s1. The molecule has 2 aliphatic carbocycles. The molecule has 0 aliphatic heterocycles. The van der Waals surface area contributed by atoms with Crippen molar-refractivity contribution >= 4 is 11.9 Å². The van der Waals surface area contributed by atoms with Gasteiger partial charge in [-0.1, -0.05) is 0 Å². The molecule has 0 radical (unpaired) electrons. The molecule has 21 heavy (non-hydrogen) atoms. The van der Waals surface area contributed by atoms with E-state index in [1.165, 1.54) is 0 Å². The highest BCUT2D eigenvalue weighted by Crippen LogP contribution is 2.52. The molecule has 0 aromatic carbocycles. The summed E-state index contributed by atoms with van der Waals surface area (Å²) in [6.07, 6.45) is 6.20. The molecule has 5 atom stereocenters. The average molecular weight is 288 g/mol. The largest absolute Gasteiger partial charge is 0.481 e. The van der Waals surface area contributed by atoms with E-state index in [9.17, 15) is 14.7 Å². The lowest BCUT2D eigenvalue weighted by Crippen LogP contribution is -2.42. The van der Waals surface area contributed by atoms with Gasteiger partial charge in [-0.25, -0.2) is 0 Å². The SMILES string of the molecule is C[C@H](NC(=O)[C@H]1[C@H]2CC[C@@H](C2)[C@H]1C(=O)O)c1ccncc1.